The summed E-state index contributed by atoms with van der Waals surface area (Å²) in [5, 5.41) is 10.6. The van der Waals surface area contributed by atoms with Gasteiger partial charge in [-0.3, -0.25) is 0 Å². The topological polar surface area (TPSA) is 53.7 Å². The molecule has 0 amide bonds. The van der Waals surface area contributed by atoms with Crippen LogP contribution in [0, 0.1) is 5.92 Å². The Balaban J connectivity index is 1.99. The van der Waals surface area contributed by atoms with Crippen LogP contribution in [0.1, 0.15) is 38.0 Å². The molecule has 4 nitrogen and oxygen atoms in total. The number of carboxylic acid groups (broad SMARTS) is 1. The summed E-state index contributed by atoms with van der Waals surface area (Å²) in [7, 11) is 0. The van der Waals surface area contributed by atoms with Crippen molar-refractivity contribution in [2.75, 3.05) is 4.31 Å². The number of carbonyl (C=O) groups is 1. The molecule has 0 saturated heterocycles. The summed E-state index contributed by atoms with van der Waals surface area (Å²) >= 11 is 4.42. The van der Waals surface area contributed by atoms with Crippen LogP contribution in [0.4, 0.5) is 5.69 Å². The van der Waals surface area contributed by atoms with E-state index in [4.69, 9.17) is 4.42 Å². The summed E-state index contributed by atoms with van der Waals surface area (Å²) in [6.07, 6.45) is 4.44. The number of thiol groups is 1. The lowest BCUT2D eigenvalue weighted by Gasteiger charge is -2.28. The number of carboxylic acids is 1. The zero-order chi connectivity index (χ0) is 15.9. The molecule has 1 aromatic carbocycles. The van der Waals surface area contributed by atoms with E-state index in [1.54, 1.807) is 0 Å². The molecule has 1 atom stereocenters. The van der Waals surface area contributed by atoms with Crippen LogP contribution in [0.3, 0.4) is 0 Å². The van der Waals surface area contributed by atoms with Gasteiger partial charge in [-0.25, -0.2) is 4.79 Å². The molecule has 0 radical (unpaired) electrons. The molecule has 1 aliphatic rings. The maximum Gasteiger partial charge on any atom is 0.327 e. The summed E-state index contributed by atoms with van der Waals surface area (Å²) in [6.45, 7) is 3.76. The van der Waals surface area contributed by atoms with Crippen LogP contribution in [0.5, 0.6) is 0 Å². The van der Waals surface area contributed by atoms with Gasteiger partial charge in [0.1, 0.15) is 17.4 Å². The molecule has 2 aromatic rings. The van der Waals surface area contributed by atoms with Gasteiger partial charge in [0.05, 0.1) is 5.69 Å². The molecule has 0 fully saturated rings. The van der Waals surface area contributed by atoms with Gasteiger partial charge in [-0.15, -0.1) is 0 Å². The summed E-state index contributed by atoms with van der Waals surface area (Å²) in [6, 6.07) is 5.18. The van der Waals surface area contributed by atoms with E-state index in [0.717, 1.165) is 35.3 Å². The van der Waals surface area contributed by atoms with Crippen molar-refractivity contribution in [2.45, 2.75) is 45.6 Å². The van der Waals surface area contributed by atoms with Gasteiger partial charge >= 0.3 is 5.97 Å². The maximum absolute atomic E-state index is 11.5. The Morgan fingerprint density at radius 3 is 2.73 bits per heavy atom. The second-order valence-electron chi connectivity index (χ2n) is 6.26. The summed E-state index contributed by atoms with van der Waals surface area (Å²) < 4.78 is 7.50. The average Bonchev–Trinajstić information content (AvgIpc) is 2.83. The van der Waals surface area contributed by atoms with Crippen molar-refractivity contribution >= 4 is 35.4 Å². The van der Waals surface area contributed by atoms with Crippen LogP contribution >= 0.6 is 12.8 Å². The molecule has 1 N–H and O–H groups in total. The van der Waals surface area contributed by atoms with Crippen molar-refractivity contribution in [1.29, 1.82) is 0 Å². The van der Waals surface area contributed by atoms with Crippen molar-refractivity contribution in [2.24, 2.45) is 5.92 Å². The van der Waals surface area contributed by atoms with E-state index in [-0.39, 0.29) is 5.92 Å². The van der Waals surface area contributed by atoms with Crippen LogP contribution in [0.2, 0.25) is 0 Å². The number of rotatable bonds is 4. The SMILES string of the molecule is CC(C)[C@H](C(=O)O)N(S)c1ccc2c3c(oc2c1)CCCC3. The normalized spacial score (nSPS) is 15.8. The number of aliphatic carboxylic acids is 1. The highest BCUT2D eigenvalue weighted by Crippen LogP contribution is 2.35. The maximum atomic E-state index is 11.5. The first-order chi connectivity index (χ1) is 10.5. The largest absolute Gasteiger partial charge is 0.480 e. The minimum atomic E-state index is -0.871. The lowest BCUT2D eigenvalue weighted by Crippen LogP contribution is -2.39. The van der Waals surface area contributed by atoms with Crippen LogP contribution in [-0.4, -0.2) is 17.1 Å². The molecule has 0 spiro atoms. The van der Waals surface area contributed by atoms with E-state index >= 15 is 0 Å². The summed E-state index contributed by atoms with van der Waals surface area (Å²) in [5.41, 5.74) is 2.90. The van der Waals surface area contributed by atoms with E-state index in [0.29, 0.717) is 0 Å². The van der Waals surface area contributed by atoms with E-state index < -0.39 is 12.0 Å². The number of fused-ring (bicyclic) bond motifs is 3. The Bertz CT molecular complexity index is 707. The van der Waals surface area contributed by atoms with Crippen molar-refractivity contribution < 1.29 is 14.3 Å². The molecule has 22 heavy (non-hydrogen) atoms. The van der Waals surface area contributed by atoms with Gasteiger partial charge in [0, 0.05) is 23.4 Å². The Morgan fingerprint density at radius 2 is 2.05 bits per heavy atom. The molecule has 1 aromatic heterocycles. The van der Waals surface area contributed by atoms with Crippen molar-refractivity contribution in [3.63, 3.8) is 0 Å². The highest BCUT2D eigenvalue weighted by Gasteiger charge is 2.28. The Labute approximate surface area is 135 Å². The molecular weight excluding hydrogens is 298 g/mol. The number of nitrogens with zero attached hydrogens (tertiary/aromatic N) is 1. The number of benzene rings is 1. The molecule has 0 saturated carbocycles. The van der Waals surface area contributed by atoms with Crippen LogP contribution in [0.25, 0.3) is 11.0 Å². The Hall–Kier alpha value is -1.62. The summed E-state index contributed by atoms with van der Waals surface area (Å²) in [5.74, 6) is 0.169. The minimum Gasteiger partial charge on any atom is -0.480 e. The van der Waals surface area contributed by atoms with Crippen LogP contribution in [0.15, 0.2) is 22.6 Å². The Morgan fingerprint density at radius 1 is 1.32 bits per heavy atom. The van der Waals surface area contributed by atoms with Crippen LogP contribution in [-0.2, 0) is 17.6 Å². The second-order valence-corrected chi connectivity index (χ2v) is 6.69. The third-order valence-electron chi connectivity index (χ3n) is 4.35. The van der Waals surface area contributed by atoms with Gasteiger partial charge in [-0.1, -0.05) is 26.7 Å². The molecule has 3 rings (SSSR count). The number of hydrogen-bond donors (Lipinski definition) is 2. The quantitative estimate of drug-likeness (QED) is 0.834. The van der Waals surface area contributed by atoms with Gasteiger partial charge in [-0.05, 0) is 37.3 Å². The minimum absolute atomic E-state index is 0.0458. The van der Waals surface area contributed by atoms with Crippen molar-refractivity contribution in [3.05, 3.63) is 29.5 Å². The van der Waals surface area contributed by atoms with Gasteiger partial charge in [-0.2, -0.15) is 0 Å². The fraction of sp³-hybridized carbons (Fsp3) is 0.471. The first-order valence-corrected chi connectivity index (χ1v) is 8.14. The number of aryl methyl sites for hydroxylation is 2. The van der Waals surface area contributed by atoms with Crippen LogP contribution < -0.4 is 4.31 Å². The van der Waals surface area contributed by atoms with Gasteiger partial charge < -0.3 is 13.8 Å². The van der Waals surface area contributed by atoms with E-state index in [1.807, 2.05) is 32.0 Å². The lowest BCUT2D eigenvalue weighted by molar-refractivity contribution is -0.139. The van der Waals surface area contributed by atoms with Crippen molar-refractivity contribution in [1.82, 2.24) is 0 Å². The smallest absolute Gasteiger partial charge is 0.327 e. The highest BCUT2D eigenvalue weighted by molar-refractivity contribution is 7.81. The summed E-state index contributed by atoms with van der Waals surface area (Å²) in [4.78, 5) is 11.5. The van der Waals surface area contributed by atoms with E-state index in [1.165, 1.54) is 22.7 Å². The average molecular weight is 319 g/mol. The number of hydrogen-bond acceptors (Lipinski definition) is 4. The number of anilines is 1. The van der Waals surface area contributed by atoms with E-state index in [9.17, 15) is 9.90 Å². The molecule has 5 heteroatoms. The van der Waals surface area contributed by atoms with Crippen molar-refractivity contribution in [3.8, 4) is 0 Å². The monoisotopic (exact) mass is 319 g/mol. The third-order valence-corrected chi connectivity index (χ3v) is 4.83. The molecule has 0 aliphatic heterocycles. The predicted octanol–water partition coefficient (Wildman–Crippen LogP) is 4.07. The zero-order valence-corrected chi connectivity index (χ0v) is 13.8. The zero-order valence-electron chi connectivity index (χ0n) is 12.9. The van der Waals surface area contributed by atoms with Gasteiger partial charge in [0.25, 0.3) is 0 Å². The molecule has 0 bridgehead atoms. The second kappa shape index (κ2) is 5.88. The molecule has 1 heterocycles. The standard InChI is InChI=1S/C17H21NO3S/c1-10(2)16(17(19)20)18(22)11-7-8-13-12-5-3-4-6-14(12)21-15(13)9-11/h7-10,16,22H,3-6H2,1-2H3,(H,19,20)/t16-/m1/s1. The van der Waals surface area contributed by atoms with Gasteiger partial charge in [0.15, 0.2) is 0 Å². The Kier molecular flexibility index (Phi) is 4.08. The molecule has 118 valence electrons. The lowest BCUT2D eigenvalue weighted by atomic mass is 9.96. The molecule has 0 unspecified atom stereocenters. The fourth-order valence-corrected chi connectivity index (χ4v) is 3.72. The molecule has 1 aliphatic carbocycles. The molecular formula is C17H21NO3S. The predicted molar refractivity (Wildman–Crippen MR) is 90.6 cm³/mol. The van der Waals surface area contributed by atoms with Gasteiger partial charge in [0.2, 0.25) is 0 Å². The van der Waals surface area contributed by atoms with E-state index in [2.05, 4.69) is 12.8 Å². The third kappa shape index (κ3) is 2.58. The first kappa shape index (κ1) is 15.3. The first-order valence-electron chi connectivity index (χ1n) is 7.74. The fourth-order valence-electron chi connectivity index (χ4n) is 3.23. The highest BCUT2D eigenvalue weighted by atomic mass is 32.1. The number of furan rings is 1.